The van der Waals surface area contributed by atoms with E-state index in [2.05, 4.69) is 38.0 Å². The summed E-state index contributed by atoms with van der Waals surface area (Å²) in [5, 5.41) is 5.32. The molecule has 194 valence electrons. The van der Waals surface area contributed by atoms with E-state index in [1.54, 1.807) is 6.26 Å². The summed E-state index contributed by atoms with van der Waals surface area (Å²) in [6.45, 7) is 11.7. The Morgan fingerprint density at radius 2 is 1.95 bits per heavy atom. The quantitative estimate of drug-likeness (QED) is 0.285. The number of hydrogen-bond donors (Lipinski definition) is 1. The van der Waals surface area contributed by atoms with E-state index in [1.807, 2.05) is 49.5 Å². The van der Waals surface area contributed by atoms with Gasteiger partial charge in [-0.1, -0.05) is 18.5 Å². The van der Waals surface area contributed by atoms with Crippen LogP contribution in [0.4, 0.5) is 17.5 Å². The van der Waals surface area contributed by atoms with Gasteiger partial charge in [0.15, 0.2) is 0 Å². The molecule has 1 fully saturated rings. The highest BCUT2D eigenvalue weighted by Crippen LogP contribution is 2.25. The Morgan fingerprint density at radius 1 is 1.08 bits per heavy atom. The Morgan fingerprint density at radius 3 is 2.73 bits per heavy atom. The van der Waals surface area contributed by atoms with Gasteiger partial charge in [-0.2, -0.15) is 4.98 Å². The van der Waals surface area contributed by atoms with Crippen molar-refractivity contribution < 1.29 is 4.42 Å². The minimum absolute atomic E-state index is 0.621. The first-order chi connectivity index (χ1) is 18.1. The highest BCUT2D eigenvalue weighted by Gasteiger charge is 2.20. The van der Waals surface area contributed by atoms with E-state index in [0.29, 0.717) is 11.6 Å². The minimum Gasteiger partial charge on any atom is -0.467 e. The van der Waals surface area contributed by atoms with E-state index in [9.17, 15) is 0 Å². The molecule has 0 aliphatic carbocycles. The fraction of sp³-hybridized carbons (Fsp3) is 0.393. The number of nitrogens with one attached hydrogen (secondary N) is 1. The molecule has 1 N–H and O–H groups in total. The lowest BCUT2D eigenvalue weighted by Crippen LogP contribution is -2.46. The lowest BCUT2D eigenvalue weighted by Gasteiger charge is -2.35. The van der Waals surface area contributed by atoms with Gasteiger partial charge in [0, 0.05) is 73.3 Å². The summed E-state index contributed by atoms with van der Waals surface area (Å²) in [5.74, 6) is 2.64. The third-order valence-corrected chi connectivity index (χ3v) is 7.04. The number of rotatable bonds is 10. The first kappa shape index (κ1) is 25.3. The summed E-state index contributed by atoms with van der Waals surface area (Å²) >= 11 is 6.14. The Hall–Kier alpha value is -3.36. The number of pyridine rings is 1. The molecule has 4 aromatic rings. The van der Waals surface area contributed by atoms with E-state index >= 15 is 0 Å². The molecule has 0 unspecified atom stereocenters. The van der Waals surface area contributed by atoms with Crippen LogP contribution in [0.2, 0.25) is 5.02 Å². The van der Waals surface area contributed by atoms with E-state index in [1.165, 1.54) is 0 Å². The molecule has 0 atom stereocenters. The lowest BCUT2D eigenvalue weighted by atomic mass is 10.2. The number of likely N-dealkylation sites (N-methyl/N-ethyl adjacent to an activating group) is 1. The maximum Gasteiger partial charge on any atom is 0.227 e. The largest absolute Gasteiger partial charge is 0.467 e. The predicted molar refractivity (Wildman–Crippen MR) is 151 cm³/mol. The van der Waals surface area contributed by atoms with Crippen LogP contribution < -0.4 is 15.1 Å². The second-order valence-electron chi connectivity index (χ2n) is 9.39. The van der Waals surface area contributed by atoms with Crippen LogP contribution in [-0.2, 0) is 6.54 Å². The molecular formula is C28H34ClN7O. The summed E-state index contributed by atoms with van der Waals surface area (Å²) in [6, 6.07) is 13.8. The molecule has 8 nitrogen and oxygen atoms in total. The van der Waals surface area contributed by atoms with Crippen LogP contribution >= 0.6 is 11.6 Å². The molecule has 0 saturated carbocycles. The maximum absolute atomic E-state index is 6.14. The smallest absolute Gasteiger partial charge is 0.227 e. The van der Waals surface area contributed by atoms with Crippen molar-refractivity contribution in [1.29, 1.82) is 0 Å². The second kappa shape index (κ2) is 11.8. The monoisotopic (exact) mass is 519 g/mol. The van der Waals surface area contributed by atoms with Crippen LogP contribution in [0, 0.1) is 6.92 Å². The van der Waals surface area contributed by atoms with Crippen molar-refractivity contribution in [3.8, 4) is 0 Å². The van der Waals surface area contributed by atoms with Crippen molar-refractivity contribution in [3.05, 3.63) is 71.4 Å². The molecule has 0 radical (unpaired) electrons. The molecule has 0 bridgehead atoms. The van der Waals surface area contributed by atoms with Gasteiger partial charge < -0.3 is 24.4 Å². The van der Waals surface area contributed by atoms with Crippen LogP contribution in [0.25, 0.3) is 10.9 Å². The van der Waals surface area contributed by atoms with Gasteiger partial charge in [0.05, 0.1) is 18.3 Å². The van der Waals surface area contributed by atoms with Gasteiger partial charge in [-0.3, -0.25) is 4.98 Å². The normalized spacial score (nSPS) is 14.3. The lowest BCUT2D eigenvalue weighted by molar-refractivity contribution is 0.270. The number of hydrogen-bond acceptors (Lipinski definition) is 8. The Kier molecular flexibility index (Phi) is 8.06. The van der Waals surface area contributed by atoms with Crippen molar-refractivity contribution in [2.45, 2.75) is 26.8 Å². The second-order valence-corrected chi connectivity index (χ2v) is 9.83. The zero-order valence-electron chi connectivity index (χ0n) is 21.5. The molecule has 0 amide bonds. The third-order valence-electron chi connectivity index (χ3n) is 6.81. The number of furan rings is 1. The van der Waals surface area contributed by atoms with Crippen LogP contribution in [0.15, 0.2) is 59.3 Å². The Bertz CT molecular complexity index is 1310. The summed E-state index contributed by atoms with van der Waals surface area (Å²) in [4.78, 5) is 21.3. The summed E-state index contributed by atoms with van der Waals surface area (Å²) in [5.41, 5.74) is 2.92. The maximum atomic E-state index is 6.14. The number of nitrogens with zero attached hydrogens (tertiary/aromatic N) is 6. The summed E-state index contributed by atoms with van der Waals surface area (Å²) < 4.78 is 5.67. The number of aromatic nitrogens is 3. The molecule has 9 heteroatoms. The molecule has 1 aromatic carbocycles. The first-order valence-electron chi connectivity index (χ1n) is 13.0. The molecule has 4 heterocycles. The van der Waals surface area contributed by atoms with Crippen LogP contribution in [-0.4, -0.2) is 65.7 Å². The number of piperazine rings is 1. The third kappa shape index (κ3) is 6.32. The molecule has 37 heavy (non-hydrogen) atoms. The molecule has 5 rings (SSSR count). The van der Waals surface area contributed by atoms with E-state index < -0.39 is 0 Å². The topological polar surface area (TPSA) is 73.6 Å². The fourth-order valence-electron chi connectivity index (χ4n) is 4.74. The Labute approximate surface area is 223 Å². The van der Waals surface area contributed by atoms with E-state index in [-0.39, 0.29) is 0 Å². The number of aryl methyl sites for hydroxylation is 1. The number of anilines is 3. The van der Waals surface area contributed by atoms with E-state index in [4.69, 9.17) is 26.0 Å². The van der Waals surface area contributed by atoms with Crippen molar-refractivity contribution in [2.24, 2.45) is 0 Å². The molecule has 3 aromatic heterocycles. The molecule has 1 aliphatic heterocycles. The van der Waals surface area contributed by atoms with Gasteiger partial charge in [0.2, 0.25) is 5.95 Å². The van der Waals surface area contributed by atoms with Crippen molar-refractivity contribution in [1.82, 2.24) is 19.9 Å². The average molecular weight is 520 g/mol. The first-order valence-corrected chi connectivity index (χ1v) is 13.4. The van der Waals surface area contributed by atoms with Gasteiger partial charge in [-0.15, -0.1) is 0 Å². The minimum atomic E-state index is 0.621. The standard InChI is InChI=1S/C28H34ClN7O/c1-3-34-13-15-35(16-14-34)27-18-21(2)32-28(33-27)36(20-23-6-4-17-37-23)12-5-10-30-25-9-11-31-26-19-22(29)7-8-24(25)26/h4,6-9,11,17-19H,3,5,10,12-16,20H2,1-2H3,(H,30,31). The van der Waals surface area contributed by atoms with E-state index in [0.717, 1.165) is 92.0 Å². The van der Waals surface area contributed by atoms with Gasteiger partial charge in [-0.25, -0.2) is 4.98 Å². The zero-order chi connectivity index (χ0) is 25.6. The van der Waals surface area contributed by atoms with Crippen LogP contribution in [0.1, 0.15) is 24.8 Å². The highest BCUT2D eigenvalue weighted by molar-refractivity contribution is 6.31. The van der Waals surface area contributed by atoms with Gasteiger partial charge in [-0.05, 0) is 56.3 Å². The molecule has 1 saturated heterocycles. The van der Waals surface area contributed by atoms with Crippen LogP contribution in [0.5, 0.6) is 0 Å². The highest BCUT2D eigenvalue weighted by atomic mass is 35.5. The Balaban J connectivity index is 1.29. The molecular weight excluding hydrogens is 486 g/mol. The molecule has 0 spiro atoms. The fourth-order valence-corrected chi connectivity index (χ4v) is 4.91. The van der Waals surface area contributed by atoms with Gasteiger partial charge in [0.25, 0.3) is 0 Å². The van der Waals surface area contributed by atoms with Crippen molar-refractivity contribution in [3.63, 3.8) is 0 Å². The van der Waals surface area contributed by atoms with Gasteiger partial charge >= 0.3 is 0 Å². The molecule has 1 aliphatic rings. The van der Waals surface area contributed by atoms with Crippen LogP contribution in [0.3, 0.4) is 0 Å². The van der Waals surface area contributed by atoms with Gasteiger partial charge in [0.1, 0.15) is 11.6 Å². The zero-order valence-corrected chi connectivity index (χ0v) is 22.3. The summed E-state index contributed by atoms with van der Waals surface area (Å²) in [6.07, 6.45) is 4.43. The van der Waals surface area contributed by atoms with Crippen molar-refractivity contribution in [2.75, 3.05) is 60.9 Å². The average Bonchev–Trinajstić information content (AvgIpc) is 3.43. The SMILES string of the molecule is CCN1CCN(c2cc(C)nc(N(CCCNc3ccnc4cc(Cl)ccc34)Cc3ccco3)n2)CC1. The number of fused-ring (bicyclic) bond motifs is 1. The summed E-state index contributed by atoms with van der Waals surface area (Å²) in [7, 11) is 0. The van der Waals surface area contributed by atoms with Crippen molar-refractivity contribution >= 4 is 40.0 Å². The number of benzene rings is 1. The predicted octanol–water partition coefficient (Wildman–Crippen LogP) is 5.23. The number of halogens is 1.